The number of fused-ring (bicyclic) bond motifs is 1. The van der Waals surface area contributed by atoms with Crippen molar-refractivity contribution >= 4 is 11.6 Å². The van der Waals surface area contributed by atoms with Crippen molar-refractivity contribution in [1.29, 1.82) is 0 Å². The van der Waals surface area contributed by atoms with Gasteiger partial charge in [-0.2, -0.15) is 0 Å². The molecule has 0 saturated heterocycles. The molecule has 0 radical (unpaired) electrons. The van der Waals surface area contributed by atoms with Crippen molar-refractivity contribution in [3.63, 3.8) is 0 Å². The Bertz CT molecular complexity index is 641. The van der Waals surface area contributed by atoms with E-state index in [1.165, 1.54) is 16.7 Å². The Morgan fingerprint density at radius 2 is 2.10 bits per heavy atom. The van der Waals surface area contributed by atoms with Crippen molar-refractivity contribution < 1.29 is 5.11 Å². The average Bonchev–Trinajstić information content (AvgIpc) is 2.83. The monoisotopic (exact) mass is 301 g/mol. The van der Waals surface area contributed by atoms with Gasteiger partial charge in [-0.05, 0) is 61.1 Å². The van der Waals surface area contributed by atoms with E-state index >= 15 is 0 Å². The molecule has 1 aliphatic carbocycles. The second kappa shape index (κ2) is 6.08. The van der Waals surface area contributed by atoms with E-state index < -0.39 is 0 Å². The van der Waals surface area contributed by atoms with Crippen molar-refractivity contribution in [2.75, 3.05) is 0 Å². The smallest absolute Gasteiger partial charge is 0.115 e. The minimum atomic E-state index is 0.356. The largest absolute Gasteiger partial charge is 0.508 e. The fraction of sp³-hybridized carbons (Fsp3) is 0.333. The lowest BCUT2D eigenvalue weighted by Gasteiger charge is -2.21. The van der Waals surface area contributed by atoms with Crippen LogP contribution < -0.4 is 5.32 Å². The minimum Gasteiger partial charge on any atom is -0.508 e. The number of halogens is 1. The van der Waals surface area contributed by atoms with E-state index in [1.54, 1.807) is 6.07 Å². The molecule has 0 spiro atoms. The topological polar surface area (TPSA) is 32.3 Å². The summed E-state index contributed by atoms with van der Waals surface area (Å²) in [7, 11) is 0. The summed E-state index contributed by atoms with van der Waals surface area (Å²) in [6.07, 6.45) is 3.04. The molecule has 3 heteroatoms. The summed E-state index contributed by atoms with van der Waals surface area (Å²) in [5, 5.41) is 14.1. The Morgan fingerprint density at radius 1 is 1.29 bits per heavy atom. The molecular weight excluding hydrogens is 282 g/mol. The molecule has 0 aliphatic heterocycles. The second-order valence-corrected chi connectivity index (χ2v) is 6.24. The van der Waals surface area contributed by atoms with Gasteiger partial charge in [0.15, 0.2) is 0 Å². The van der Waals surface area contributed by atoms with Gasteiger partial charge >= 0.3 is 0 Å². The third kappa shape index (κ3) is 3.22. The zero-order valence-corrected chi connectivity index (χ0v) is 12.9. The molecule has 2 atom stereocenters. The van der Waals surface area contributed by atoms with Gasteiger partial charge in [0.2, 0.25) is 0 Å². The Labute approximate surface area is 130 Å². The molecule has 0 amide bonds. The van der Waals surface area contributed by atoms with Crippen LogP contribution in [0, 0.1) is 0 Å². The fourth-order valence-corrected chi connectivity index (χ4v) is 3.39. The molecule has 21 heavy (non-hydrogen) atoms. The van der Waals surface area contributed by atoms with E-state index in [0.717, 1.165) is 24.3 Å². The normalized spacial score (nSPS) is 18.5. The van der Waals surface area contributed by atoms with Gasteiger partial charge in [0.25, 0.3) is 0 Å². The van der Waals surface area contributed by atoms with Gasteiger partial charge in [0.1, 0.15) is 5.75 Å². The first-order valence-electron chi connectivity index (χ1n) is 7.44. The molecule has 2 aromatic carbocycles. The first kappa shape index (κ1) is 14.4. The van der Waals surface area contributed by atoms with E-state index in [9.17, 15) is 5.11 Å². The molecule has 2 N–H and O–H groups in total. The summed E-state index contributed by atoms with van der Waals surface area (Å²) in [5.41, 5.74) is 3.76. The third-order valence-electron chi connectivity index (χ3n) is 4.17. The molecular formula is C18H20ClNO. The molecule has 0 aromatic heterocycles. The zero-order valence-electron chi connectivity index (χ0n) is 12.1. The van der Waals surface area contributed by atoms with Gasteiger partial charge < -0.3 is 10.4 Å². The van der Waals surface area contributed by atoms with Crippen molar-refractivity contribution in [2.45, 2.75) is 38.3 Å². The SMILES string of the molecule is CC(Cc1ccccc1Cl)NC1CCc2cc(O)ccc21. The van der Waals surface area contributed by atoms with Gasteiger partial charge in [0, 0.05) is 17.1 Å². The first-order chi connectivity index (χ1) is 10.1. The van der Waals surface area contributed by atoms with Crippen LogP contribution in [0.15, 0.2) is 42.5 Å². The van der Waals surface area contributed by atoms with Crippen LogP contribution in [0.1, 0.15) is 36.1 Å². The van der Waals surface area contributed by atoms with Crippen molar-refractivity contribution in [2.24, 2.45) is 0 Å². The van der Waals surface area contributed by atoms with Gasteiger partial charge in [-0.1, -0.05) is 35.9 Å². The number of rotatable bonds is 4. The van der Waals surface area contributed by atoms with E-state index in [-0.39, 0.29) is 0 Å². The summed E-state index contributed by atoms with van der Waals surface area (Å²) in [6, 6.07) is 14.4. The lowest BCUT2D eigenvalue weighted by molar-refractivity contribution is 0.451. The number of aryl methyl sites for hydroxylation is 1. The number of phenols is 1. The van der Waals surface area contributed by atoms with Crippen LogP contribution in [-0.4, -0.2) is 11.1 Å². The van der Waals surface area contributed by atoms with Crippen LogP contribution in [0.5, 0.6) is 5.75 Å². The molecule has 2 nitrogen and oxygen atoms in total. The standard InChI is InChI=1S/C18H20ClNO/c1-12(10-14-4-2-3-5-17(14)19)20-18-9-6-13-11-15(21)7-8-16(13)18/h2-5,7-8,11-12,18,20-21H,6,9-10H2,1H3. The highest BCUT2D eigenvalue weighted by molar-refractivity contribution is 6.31. The van der Waals surface area contributed by atoms with Crippen LogP contribution in [0.25, 0.3) is 0 Å². The Morgan fingerprint density at radius 3 is 2.90 bits per heavy atom. The lowest BCUT2D eigenvalue weighted by atomic mass is 10.0. The molecule has 2 aromatic rings. The number of benzene rings is 2. The van der Waals surface area contributed by atoms with Crippen LogP contribution in [-0.2, 0) is 12.8 Å². The quantitative estimate of drug-likeness (QED) is 0.884. The highest BCUT2D eigenvalue weighted by atomic mass is 35.5. The average molecular weight is 302 g/mol. The highest BCUT2D eigenvalue weighted by Crippen LogP contribution is 2.33. The van der Waals surface area contributed by atoms with E-state index in [1.807, 2.05) is 30.3 Å². The van der Waals surface area contributed by atoms with Crippen LogP contribution in [0.4, 0.5) is 0 Å². The number of nitrogens with one attached hydrogen (secondary N) is 1. The third-order valence-corrected chi connectivity index (χ3v) is 4.54. The molecule has 0 heterocycles. The molecule has 3 rings (SSSR count). The Kier molecular flexibility index (Phi) is 4.18. The molecule has 0 fully saturated rings. The maximum atomic E-state index is 9.55. The fourth-order valence-electron chi connectivity index (χ4n) is 3.17. The second-order valence-electron chi connectivity index (χ2n) is 5.84. The van der Waals surface area contributed by atoms with E-state index in [0.29, 0.717) is 17.8 Å². The molecule has 110 valence electrons. The van der Waals surface area contributed by atoms with Gasteiger partial charge in [0.05, 0.1) is 0 Å². The van der Waals surface area contributed by atoms with Crippen LogP contribution in [0.2, 0.25) is 5.02 Å². The number of hydrogen-bond acceptors (Lipinski definition) is 2. The highest BCUT2D eigenvalue weighted by Gasteiger charge is 2.23. The zero-order chi connectivity index (χ0) is 14.8. The van der Waals surface area contributed by atoms with Gasteiger partial charge in [-0.15, -0.1) is 0 Å². The Hall–Kier alpha value is -1.51. The first-order valence-corrected chi connectivity index (χ1v) is 7.82. The molecule has 0 saturated carbocycles. The number of aromatic hydroxyl groups is 1. The lowest BCUT2D eigenvalue weighted by Crippen LogP contribution is -2.31. The summed E-state index contributed by atoms with van der Waals surface area (Å²) in [6.45, 7) is 2.20. The maximum absolute atomic E-state index is 9.55. The van der Waals surface area contributed by atoms with Gasteiger partial charge in [-0.25, -0.2) is 0 Å². The van der Waals surface area contributed by atoms with Crippen molar-refractivity contribution in [3.05, 3.63) is 64.2 Å². The summed E-state index contributed by atoms with van der Waals surface area (Å²) in [4.78, 5) is 0. The summed E-state index contributed by atoms with van der Waals surface area (Å²) < 4.78 is 0. The number of hydrogen-bond donors (Lipinski definition) is 2. The predicted octanol–water partition coefficient (Wildman–Crippen LogP) is 4.25. The van der Waals surface area contributed by atoms with Crippen LogP contribution >= 0.6 is 11.6 Å². The van der Waals surface area contributed by atoms with E-state index in [2.05, 4.69) is 18.3 Å². The molecule has 1 aliphatic rings. The van der Waals surface area contributed by atoms with Crippen molar-refractivity contribution in [1.82, 2.24) is 5.32 Å². The minimum absolute atomic E-state index is 0.356. The molecule has 0 bridgehead atoms. The van der Waals surface area contributed by atoms with Gasteiger partial charge in [-0.3, -0.25) is 0 Å². The summed E-state index contributed by atoms with van der Waals surface area (Å²) >= 11 is 6.23. The Balaban J connectivity index is 1.67. The van der Waals surface area contributed by atoms with E-state index in [4.69, 9.17) is 11.6 Å². The van der Waals surface area contributed by atoms with Crippen molar-refractivity contribution in [3.8, 4) is 5.75 Å². The predicted molar refractivity (Wildman–Crippen MR) is 86.9 cm³/mol. The summed E-state index contributed by atoms with van der Waals surface area (Å²) in [5.74, 6) is 0.360. The maximum Gasteiger partial charge on any atom is 0.115 e. The molecule has 2 unspecified atom stereocenters. The number of phenolic OH excluding ortho intramolecular Hbond substituents is 1. The van der Waals surface area contributed by atoms with Crippen LogP contribution in [0.3, 0.4) is 0 Å².